The number of aromatic nitrogens is 6. The zero-order valence-electron chi connectivity index (χ0n) is 66.7. The monoisotopic (exact) mass is 1780 g/mol. The van der Waals surface area contributed by atoms with E-state index in [1.54, 1.807) is 48.9 Å². The van der Waals surface area contributed by atoms with E-state index in [0.29, 0.717) is 99.7 Å². The molecule has 0 spiro atoms. The van der Waals surface area contributed by atoms with E-state index in [1.807, 2.05) is 48.5 Å². The number of carbonyl (C=O) groups excluding carboxylic acids is 3. The van der Waals surface area contributed by atoms with Crippen molar-refractivity contribution in [2.75, 3.05) is 120 Å². The van der Waals surface area contributed by atoms with E-state index < -0.39 is 43.0 Å². The third-order valence-corrected chi connectivity index (χ3v) is 24.7. The molecule has 9 N–H and O–H groups in total. The first kappa shape index (κ1) is 86.2. The van der Waals surface area contributed by atoms with Gasteiger partial charge in [0.2, 0.25) is 17.7 Å². The van der Waals surface area contributed by atoms with Crippen molar-refractivity contribution in [2.24, 2.45) is 17.8 Å². The number of hydrogen-bond donors (Lipinski definition) is 9. The molecular weight excluding hydrogens is 1700 g/mol. The number of ether oxygens (including phenoxy) is 9. The molecule has 4 unspecified atom stereocenters. The van der Waals surface area contributed by atoms with E-state index in [1.165, 1.54) is 52.7 Å². The largest absolute Gasteiger partial charge is 0.495 e. The molecule has 10 atom stereocenters. The van der Waals surface area contributed by atoms with Crippen molar-refractivity contribution in [3.05, 3.63) is 177 Å². The number of alkyl halides is 2. The molecule has 4 aromatic carbocycles. The Balaban J connectivity index is 0.680. The Morgan fingerprint density at radius 3 is 1.27 bits per heavy atom. The fourth-order valence-electron chi connectivity index (χ4n) is 16.0. The van der Waals surface area contributed by atoms with E-state index in [2.05, 4.69) is 67.6 Å². The average molecular weight is 1790 g/mol. The standard InChI is InChI=1S/C87H87Cl6F2N15O12/c1-8-72(111)105-60-40-118-37-57(60)102-69-23-51-46(32-96-69)19-54(108-84(51)99-30-43-14-12-11-13-15-43)76-80(90)65(116-6)27-67(82(76)92)121-35-45-17-16-44(18-45)31-100-85-52-24-70(103-58-38-119-41-61(58)106-73(112)9-2)97-33-47(52)20-55(109-85)77-81(91)66(117-7)28-68(83(77)93)122-36-49-22-50(29-87(49,94)95)101-86-53-25-71(104-59-39-120-42-62(59)107-74(113)10-3)98-34-48(53)21-56(110-86)75-78(88)63(114-4)26-64(115-5)79(75)89/h8-15,19-21,23-28,32-34,44-45,49-50,57-62H,1-3,16-18,22,29-31,35-42H2,4-7H3,(H,96,102)(H,97,103)(H,98,104)(H,99,108)(H,100,109)(H,101,110)(H,105,111)(H,106,112)(H,107,113)/t44?,45?,49?,50?,57-,58-,59-,60+,61+,62+/m1/s1. The third-order valence-electron chi connectivity index (χ3n) is 22.4. The second kappa shape index (κ2) is 37.9. The van der Waals surface area contributed by atoms with Gasteiger partial charge in [0.05, 0.1) is 171 Å². The lowest BCUT2D eigenvalue weighted by Crippen LogP contribution is -2.45. The number of halogens is 8. The van der Waals surface area contributed by atoms with Gasteiger partial charge >= 0.3 is 0 Å². The summed E-state index contributed by atoms with van der Waals surface area (Å²) in [7, 11) is 5.83. The number of pyridine rings is 6. The van der Waals surface area contributed by atoms with Crippen LogP contribution in [0.5, 0.6) is 34.5 Å². The summed E-state index contributed by atoms with van der Waals surface area (Å²) in [6, 6.07) is 22.4. The molecule has 3 saturated heterocycles. The highest BCUT2D eigenvalue weighted by Crippen LogP contribution is 2.52. The van der Waals surface area contributed by atoms with Crippen molar-refractivity contribution in [3.63, 3.8) is 0 Å². The highest BCUT2D eigenvalue weighted by atomic mass is 35.5. The Labute approximate surface area is 731 Å². The highest BCUT2D eigenvalue weighted by molar-refractivity contribution is 6.42. The molecule has 9 heterocycles. The lowest BCUT2D eigenvalue weighted by molar-refractivity contribution is -0.118. The first-order chi connectivity index (χ1) is 59.0. The van der Waals surface area contributed by atoms with Crippen LogP contribution in [0.25, 0.3) is 66.1 Å². The fraction of sp³-hybridized carbons (Fsp3) is 0.345. The smallest absolute Gasteiger partial charge is 0.256 e. The molecule has 0 bridgehead atoms. The van der Waals surface area contributed by atoms with Gasteiger partial charge < -0.3 is 90.5 Å². The van der Waals surface area contributed by atoms with Gasteiger partial charge in [-0.05, 0) is 97.7 Å². The van der Waals surface area contributed by atoms with Gasteiger partial charge in [0.1, 0.15) is 69.4 Å². The average Bonchev–Trinajstić information content (AvgIpc) is 1.25. The number of rotatable bonds is 33. The molecule has 0 radical (unpaired) electrons. The predicted octanol–water partition coefficient (Wildman–Crippen LogP) is 16.3. The van der Waals surface area contributed by atoms with Crippen LogP contribution in [0.15, 0.2) is 141 Å². The van der Waals surface area contributed by atoms with Gasteiger partial charge in [0, 0.05) is 111 Å². The number of hydrogen-bond acceptors (Lipinski definition) is 24. The van der Waals surface area contributed by atoms with Crippen LogP contribution in [0.4, 0.5) is 43.7 Å². The van der Waals surface area contributed by atoms with Crippen LogP contribution >= 0.6 is 69.6 Å². The summed E-state index contributed by atoms with van der Waals surface area (Å²) in [5.41, 5.74) is 2.84. The first-order valence-corrected chi connectivity index (χ1v) is 41.7. The lowest BCUT2D eigenvalue weighted by atomic mass is 10.0. The number of anilines is 6. The molecule has 2 saturated carbocycles. The number of methoxy groups -OCH3 is 4. The summed E-state index contributed by atoms with van der Waals surface area (Å²) in [4.78, 5) is 67.0. The van der Waals surface area contributed by atoms with Crippen molar-refractivity contribution in [2.45, 2.75) is 86.9 Å². The number of benzene rings is 4. The van der Waals surface area contributed by atoms with Crippen molar-refractivity contribution in [3.8, 4) is 68.3 Å². The second-order valence-corrected chi connectivity index (χ2v) is 32.6. The van der Waals surface area contributed by atoms with E-state index in [-0.39, 0.29) is 175 Å². The van der Waals surface area contributed by atoms with Crippen LogP contribution in [0.2, 0.25) is 30.1 Å². The zero-order valence-corrected chi connectivity index (χ0v) is 71.2. The van der Waals surface area contributed by atoms with Crippen molar-refractivity contribution < 1.29 is 65.8 Å². The van der Waals surface area contributed by atoms with E-state index in [9.17, 15) is 14.4 Å². The van der Waals surface area contributed by atoms with Crippen LogP contribution in [-0.2, 0) is 35.1 Å². The van der Waals surface area contributed by atoms with Gasteiger partial charge in [0.15, 0.2) is 0 Å². The number of amides is 3. The fourth-order valence-corrected chi connectivity index (χ4v) is 18.1. The highest BCUT2D eigenvalue weighted by Gasteiger charge is 2.50. The van der Waals surface area contributed by atoms with E-state index in [0.717, 1.165) is 35.6 Å². The molecule has 5 aliphatic rings. The van der Waals surface area contributed by atoms with Crippen LogP contribution in [0.1, 0.15) is 37.7 Å². The van der Waals surface area contributed by atoms with Gasteiger partial charge in [-0.15, -0.1) is 0 Å². The van der Waals surface area contributed by atoms with Crippen LogP contribution in [-0.4, -0.2) is 184 Å². The molecule has 3 amide bonds. The van der Waals surface area contributed by atoms with Gasteiger partial charge in [-0.2, -0.15) is 0 Å². The van der Waals surface area contributed by atoms with Crippen molar-refractivity contribution >= 4 is 155 Å². The van der Waals surface area contributed by atoms with Crippen LogP contribution < -0.4 is 76.3 Å². The summed E-state index contributed by atoms with van der Waals surface area (Å²) in [6.07, 6.45) is 10.3. The minimum absolute atomic E-state index is 0.0000709. The quantitative estimate of drug-likeness (QED) is 0.0173. The van der Waals surface area contributed by atoms with Gasteiger partial charge in [-0.25, -0.2) is 38.7 Å². The molecule has 10 aromatic rings. The normalized spacial score (nSPS) is 20.9. The second-order valence-electron chi connectivity index (χ2n) is 30.3. The third kappa shape index (κ3) is 18.9. The Morgan fingerprint density at radius 2 is 0.844 bits per heavy atom. The minimum atomic E-state index is -3.30. The maximum atomic E-state index is 16.9. The van der Waals surface area contributed by atoms with Crippen molar-refractivity contribution in [1.82, 2.24) is 45.9 Å². The Kier molecular flexibility index (Phi) is 26.8. The molecule has 35 heteroatoms. The molecule has 3 aliphatic heterocycles. The molecule has 15 rings (SSSR count). The molecule has 27 nitrogen and oxygen atoms in total. The Hall–Kier alpha value is -10.7. The number of carbonyl (C=O) groups is 3. The summed E-state index contributed by atoms with van der Waals surface area (Å²) < 4.78 is 87.1. The number of fused-ring (bicyclic) bond motifs is 3. The van der Waals surface area contributed by atoms with Crippen LogP contribution in [0.3, 0.4) is 0 Å². The summed E-state index contributed by atoms with van der Waals surface area (Å²) in [5, 5.41) is 34.1. The van der Waals surface area contributed by atoms with Gasteiger partial charge in [-0.1, -0.05) is 120 Å². The summed E-state index contributed by atoms with van der Waals surface area (Å²) >= 11 is 43.4. The topological polar surface area (TPSA) is 320 Å². The summed E-state index contributed by atoms with van der Waals surface area (Å²) in [6.45, 7) is 13.2. The maximum Gasteiger partial charge on any atom is 0.256 e. The zero-order chi connectivity index (χ0) is 85.6. The predicted molar refractivity (Wildman–Crippen MR) is 471 cm³/mol. The van der Waals surface area contributed by atoms with Gasteiger partial charge in [-0.3, -0.25) is 14.4 Å². The van der Waals surface area contributed by atoms with E-state index in [4.69, 9.17) is 142 Å². The number of nitrogens with one attached hydrogen (secondary N) is 9. The Morgan fingerprint density at radius 1 is 0.467 bits per heavy atom. The molecule has 2 aliphatic carbocycles. The number of nitrogens with zero attached hydrogens (tertiary/aromatic N) is 6. The van der Waals surface area contributed by atoms with Crippen LogP contribution in [0, 0.1) is 17.8 Å². The molecular formula is C87H87Cl6F2N15O12. The van der Waals surface area contributed by atoms with Crippen molar-refractivity contribution in [1.29, 1.82) is 0 Å². The molecule has 638 valence electrons. The first-order valence-electron chi connectivity index (χ1n) is 39.4. The lowest BCUT2D eigenvalue weighted by Gasteiger charge is -2.22. The van der Waals surface area contributed by atoms with Gasteiger partial charge in [0.25, 0.3) is 5.92 Å². The Bertz CT molecular complexity index is 5650. The minimum Gasteiger partial charge on any atom is -0.495 e. The molecule has 122 heavy (non-hydrogen) atoms. The maximum absolute atomic E-state index is 16.9. The molecule has 6 aromatic heterocycles. The SMILES string of the molecule is C=CC(=O)N[C@H]1COC[C@H]1Nc1cc2c(NCc3ccccc3)nc(-c3c(Cl)c(OC)cc(OCC4CCC(CNc5nc(-c6c(Cl)c(OC)cc(OCC7CC(Nc8nc(-c9c(Cl)c(OC)cc(OC)c9Cl)cc9cnc(N[C@@H]%10COC[C@@H]%10NC(=O)C=C)cc89)CC7(F)F)c6Cl)cc6cnc(N[C@@H]7COC[C@@H]7NC(=O)C=C)cc56)C4)c3Cl)cc2cn1. The van der Waals surface area contributed by atoms with E-state index >= 15 is 8.78 Å². The summed E-state index contributed by atoms with van der Waals surface area (Å²) in [5.74, 6) is -1.65. The molecule has 5 fully saturated rings.